The highest BCUT2D eigenvalue weighted by Crippen LogP contribution is 2.45. The van der Waals surface area contributed by atoms with Crippen molar-refractivity contribution in [3.8, 4) is 0 Å². The van der Waals surface area contributed by atoms with Gasteiger partial charge in [0.2, 0.25) is 8.32 Å². The van der Waals surface area contributed by atoms with E-state index < -0.39 is 14.4 Å². The third kappa shape index (κ3) is 4.33. The molecule has 0 radical (unpaired) electrons. The smallest absolute Gasteiger partial charge is 0.250 e. The highest BCUT2D eigenvalue weighted by atomic mass is 28.4. The zero-order valence-corrected chi connectivity index (χ0v) is 18.3. The lowest BCUT2D eigenvalue weighted by atomic mass is 9.67. The summed E-state index contributed by atoms with van der Waals surface area (Å²) in [4.78, 5) is 2.20. The Labute approximate surface area is 150 Å². The van der Waals surface area contributed by atoms with Gasteiger partial charge < -0.3 is 14.4 Å². The third-order valence-electron chi connectivity index (χ3n) is 6.22. The second-order valence-electron chi connectivity index (χ2n) is 9.45. The molecule has 1 rings (SSSR count). The van der Waals surface area contributed by atoms with E-state index in [0.29, 0.717) is 0 Å². The highest BCUT2D eigenvalue weighted by Gasteiger charge is 2.46. The molecule has 0 fully saturated rings. The molecular weight excluding hydrogens is 314 g/mol. The van der Waals surface area contributed by atoms with Crippen LogP contribution in [-0.2, 0) is 4.43 Å². The van der Waals surface area contributed by atoms with Crippen molar-refractivity contribution >= 4 is 8.32 Å². The number of likely N-dealkylation sites (N-methyl/N-ethyl adjacent to an activating group) is 1. The molecule has 0 aliphatic heterocycles. The number of allylic oxidation sites excluding steroid dienone is 1. The highest BCUT2D eigenvalue weighted by molar-refractivity contribution is 6.74. The molecule has 0 saturated heterocycles. The normalized spacial score (nSPS) is 28.3. The first-order chi connectivity index (χ1) is 10.8. The van der Waals surface area contributed by atoms with E-state index in [1.165, 1.54) is 0 Å². The van der Waals surface area contributed by atoms with Gasteiger partial charge in [-0.1, -0.05) is 40.7 Å². The molecule has 3 nitrogen and oxygen atoms in total. The fraction of sp³-hybridized carbons (Fsp3) is 0.800. The minimum Gasteiger partial charge on any atom is -0.547 e. The van der Waals surface area contributed by atoms with Crippen LogP contribution in [0, 0.1) is 11.3 Å². The average molecular weight is 354 g/mol. The van der Waals surface area contributed by atoms with Gasteiger partial charge in [0.15, 0.2) is 0 Å². The van der Waals surface area contributed by atoms with E-state index in [-0.39, 0.29) is 22.4 Å². The van der Waals surface area contributed by atoms with Crippen LogP contribution in [0.15, 0.2) is 24.5 Å². The molecule has 0 spiro atoms. The van der Waals surface area contributed by atoms with Gasteiger partial charge in [0.05, 0.1) is 11.9 Å². The van der Waals surface area contributed by atoms with Crippen LogP contribution in [0.2, 0.25) is 18.1 Å². The number of nitrogens with zero attached hydrogens (tertiary/aromatic N) is 1. The fourth-order valence-electron chi connectivity index (χ4n) is 3.35. The summed E-state index contributed by atoms with van der Waals surface area (Å²) in [5.41, 5.74) is -0.197. The monoisotopic (exact) mass is 353 g/mol. The zero-order chi connectivity index (χ0) is 18.9. The molecule has 0 aromatic rings. The number of aliphatic hydroxyl groups is 1. The third-order valence-corrected chi connectivity index (χ3v) is 10.6. The van der Waals surface area contributed by atoms with Crippen LogP contribution in [-0.4, -0.2) is 44.6 Å². The molecule has 0 aromatic heterocycles. The molecule has 1 N–H and O–H groups in total. The van der Waals surface area contributed by atoms with Crippen LogP contribution in [0.1, 0.15) is 47.5 Å². The average Bonchev–Trinajstić information content (AvgIpc) is 2.45. The van der Waals surface area contributed by atoms with Crippen molar-refractivity contribution in [2.24, 2.45) is 11.3 Å². The molecule has 0 bridgehead atoms. The summed E-state index contributed by atoms with van der Waals surface area (Å²) >= 11 is 0. The van der Waals surface area contributed by atoms with Gasteiger partial charge in [0.25, 0.3) is 0 Å². The lowest BCUT2D eigenvalue weighted by Gasteiger charge is -2.48. The quantitative estimate of drug-likeness (QED) is 0.549. The summed E-state index contributed by atoms with van der Waals surface area (Å²) in [7, 11) is 2.34. The second-order valence-corrected chi connectivity index (χ2v) is 14.2. The molecular formula is C20H39NO2Si. The van der Waals surface area contributed by atoms with E-state index in [9.17, 15) is 5.11 Å². The van der Waals surface area contributed by atoms with E-state index in [1.54, 1.807) is 0 Å². The molecule has 4 atom stereocenters. The maximum Gasteiger partial charge on any atom is 0.250 e. The standard InChI is InChI=1S/C20H39NO2Si/c1-11-15(2)18(22)20(6)13-12-16(14-17(20)21(7)8)23-24(9,10)19(3,4)5/h11,14-15,17-18,22H,1,12-13H2,2-10H3/t15-,17-,18-,20+/m1/s1. The minimum atomic E-state index is -1.82. The zero-order valence-electron chi connectivity index (χ0n) is 17.3. The van der Waals surface area contributed by atoms with Crippen LogP contribution in [0.3, 0.4) is 0 Å². The van der Waals surface area contributed by atoms with E-state index in [4.69, 9.17) is 4.43 Å². The predicted octanol–water partition coefficient (Wildman–Crippen LogP) is 4.81. The number of hydrogen-bond acceptors (Lipinski definition) is 3. The molecule has 0 amide bonds. The molecule has 0 heterocycles. The van der Waals surface area contributed by atoms with Gasteiger partial charge in [-0.2, -0.15) is 0 Å². The Morgan fingerprint density at radius 3 is 2.38 bits per heavy atom. The maximum absolute atomic E-state index is 10.9. The number of hydrogen-bond donors (Lipinski definition) is 1. The Morgan fingerprint density at radius 2 is 1.96 bits per heavy atom. The summed E-state index contributed by atoms with van der Waals surface area (Å²) in [5, 5.41) is 11.1. The van der Waals surface area contributed by atoms with Crippen LogP contribution in [0.25, 0.3) is 0 Å². The Bertz CT molecular complexity index is 479. The van der Waals surface area contributed by atoms with E-state index >= 15 is 0 Å². The van der Waals surface area contributed by atoms with Crippen molar-refractivity contribution in [1.82, 2.24) is 4.90 Å². The number of rotatable bonds is 6. The molecule has 24 heavy (non-hydrogen) atoms. The van der Waals surface area contributed by atoms with Crippen molar-refractivity contribution in [3.63, 3.8) is 0 Å². The first kappa shape index (κ1) is 21.5. The first-order valence-corrected chi connectivity index (χ1v) is 12.0. The molecule has 0 aromatic carbocycles. The molecule has 0 saturated carbocycles. The van der Waals surface area contributed by atoms with E-state index in [2.05, 4.69) is 72.4 Å². The van der Waals surface area contributed by atoms with Gasteiger partial charge in [-0.05, 0) is 44.7 Å². The summed E-state index contributed by atoms with van der Waals surface area (Å²) in [6.07, 6.45) is 5.52. The van der Waals surface area contributed by atoms with Gasteiger partial charge in [-0.15, -0.1) is 6.58 Å². The maximum atomic E-state index is 10.9. The Balaban J connectivity index is 3.12. The Kier molecular flexibility index (Phi) is 6.57. The summed E-state index contributed by atoms with van der Waals surface area (Å²) in [6, 6.07) is 0.156. The van der Waals surface area contributed by atoms with Crippen LogP contribution in [0.5, 0.6) is 0 Å². The summed E-state index contributed by atoms with van der Waals surface area (Å²) in [6.45, 7) is 19.5. The van der Waals surface area contributed by atoms with Crippen molar-refractivity contribution in [1.29, 1.82) is 0 Å². The van der Waals surface area contributed by atoms with Crippen molar-refractivity contribution in [2.45, 2.75) is 77.7 Å². The molecule has 1 aliphatic carbocycles. The van der Waals surface area contributed by atoms with Gasteiger partial charge in [0, 0.05) is 23.8 Å². The van der Waals surface area contributed by atoms with Crippen molar-refractivity contribution in [3.05, 3.63) is 24.5 Å². The largest absolute Gasteiger partial charge is 0.547 e. The van der Waals surface area contributed by atoms with Crippen LogP contribution in [0.4, 0.5) is 0 Å². The molecule has 4 heteroatoms. The lowest BCUT2D eigenvalue weighted by Crippen LogP contribution is -2.53. The van der Waals surface area contributed by atoms with Gasteiger partial charge >= 0.3 is 0 Å². The molecule has 140 valence electrons. The Morgan fingerprint density at radius 1 is 1.42 bits per heavy atom. The Hall–Kier alpha value is -0.583. The SMILES string of the molecule is C=C[C@@H](C)[C@@H](O)[C@@]1(C)CCC(O[Si](C)(C)C(C)(C)C)=C[C@H]1N(C)C. The van der Waals surface area contributed by atoms with Gasteiger partial charge in [-0.3, -0.25) is 0 Å². The number of aliphatic hydroxyl groups excluding tert-OH is 1. The molecule has 1 aliphatic rings. The van der Waals surface area contributed by atoms with Crippen molar-refractivity contribution < 1.29 is 9.53 Å². The van der Waals surface area contributed by atoms with E-state index in [1.807, 2.05) is 13.0 Å². The van der Waals surface area contributed by atoms with E-state index in [0.717, 1.165) is 18.6 Å². The van der Waals surface area contributed by atoms with Crippen LogP contribution < -0.4 is 0 Å². The van der Waals surface area contributed by atoms with Gasteiger partial charge in [0.1, 0.15) is 0 Å². The minimum absolute atomic E-state index is 0.0775. The fourth-order valence-corrected chi connectivity index (χ4v) is 4.48. The van der Waals surface area contributed by atoms with Gasteiger partial charge in [-0.25, -0.2) is 0 Å². The summed E-state index contributed by atoms with van der Waals surface area (Å²) < 4.78 is 6.56. The second kappa shape index (κ2) is 7.34. The van der Waals surface area contributed by atoms with Crippen molar-refractivity contribution in [2.75, 3.05) is 14.1 Å². The topological polar surface area (TPSA) is 32.7 Å². The molecule has 0 unspecified atom stereocenters. The first-order valence-electron chi connectivity index (χ1n) is 9.13. The summed E-state index contributed by atoms with van der Waals surface area (Å²) in [5.74, 6) is 1.19. The predicted molar refractivity (Wildman–Crippen MR) is 107 cm³/mol. The van der Waals surface area contributed by atoms with Crippen LogP contribution >= 0.6 is 0 Å². The lowest BCUT2D eigenvalue weighted by molar-refractivity contribution is -0.0387.